The van der Waals surface area contributed by atoms with Crippen molar-refractivity contribution in [1.82, 2.24) is 0 Å². The van der Waals surface area contributed by atoms with Gasteiger partial charge in [0, 0.05) is 5.56 Å². The van der Waals surface area contributed by atoms with E-state index in [1.54, 1.807) is 18.2 Å². The second kappa shape index (κ2) is 9.31. The first-order chi connectivity index (χ1) is 14.2. The summed E-state index contributed by atoms with van der Waals surface area (Å²) in [7, 11) is -7.59. The highest BCUT2D eigenvalue weighted by Gasteiger charge is 2.45. The second-order valence-corrected chi connectivity index (χ2v) is 10.5. The van der Waals surface area contributed by atoms with Gasteiger partial charge < -0.3 is 0 Å². The molecule has 1 fully saturated rings. The Hall–Kier alpha value is -2.18. The molecule has 0 heterocycles. The lowest BCUT2D eigenvalue weighted by Crippen LogP contribution is -2.34. The second-order valence-electron chi connectivity index (χ2n) is 7.29. The van der Waals surface area contributed by atoms with E-state index in [0.29, 0.717) is 12.8 Å². The molecule has 0 N–H and O–H groups in total. The fourth-order valence-electron chi connectivity index (χ4n) is 3.56. The maximum atomic E-state index is 12.8. The van der Waals surface area contributed by atoms with Gasteiger partial charge in [-0.15, -0.1) is 0 Å². The van der Waals surface area contributed by atoms with Crippen molar-refractivity contribution in [1.29, 1.82) is 0 Å². The zero-order valence-electron chi connectivity index (χ0n) is 16.7. The molecule has 0 bridgehead atoms. The van der Waals surface area contributed by atoms with Gasteiger partial charge in [0.1, 0.15) is 0 Å². The van der Waals surface area contributed by atoms with E-state index in [0.717, 1.165) is 18.2 Å². The summed E-state index contributed by atoms with van der Waals surface area (Å²) in [6, 6.07) is 17.3. The van der Waals surface area contributed by atoms with Gasteiger partial charge in [-0.3, -0.25) is 8.37 Å². The predicted molar refractivity (Wildman–Crippen MR) is 114 cm³/mol. The van der Waals surface area contributed by atoms with E-state index in [9.17, 15) is 16.8 Å². The SMILES string of the molecule is CS(=O)(=O)OCC[C@@]1(C#Cc2ccccc2)CCC[C@@H]1OS(=O)(=O)c1ccccc1. The quantitative estimate of drug-likeness (QED) is 0.477. The van der Waals surface area contributed by atoms with Crippen LogP contribution in [0.5, 0.6) is 0 Å². The van der Waals surface area contributed by atoms with Crippen LogP contribution in [0.15, 0.2) is 65.6 Å². The van der Waals surface area contributed by atoms with E-state index >= 15 is 0 Å². The van der Waals surface area contributed by atoms with Crippen molar-refractivity contribution >= 4 is 20.2 Å². The first-order valence-corrected chi connectivity index (χ1v) is 12.8. The highest BCUT2D eigenvalue weighted by molar-refractivity contribution is 7.86. The summed E-state index contributed by atoms with van der Waals surface area (Å²) in [5.41, 5.74) is -0.0416. The molecule has 1 saturated carbocycles. The van der Waals surface area contributed by atoms with Gasteiger partial charge in [0.25, 0.3) is 20.2 Å². The van der Waals surface area contributed by atoms with Gasteiger partial charge in [0.2, 0.25) is 0 Å². The minimum atomic E-state index is -3.98. The molecule has 1 aliphatic carbocycles. The van der Waals surface area contributed by atoms with Gasteiger partial charge in [0.15, 0.2) is 0 Å². The number of hydrogen-bond donors (Lipinski definition) is 0. The Labute approximate surface area is 178 Å². The lowest BCUT2D eigenvalue weighted by Gasteiger charge is -2.29. The maximum absolute atomic E-state index is 12.8. The average Bonchev–Trinajstić information content (AvgIpc) is 3.09. The van der Waals surface area contributed by atoms with E-state index in [1.807, 2.05) is 30.3 Å². The third-order valence-electron chi connectivity index (χ3n) is 5.06. The van der Waals surface area contributed by atoms with Crippen LogP contribution in [0.4, 0.5) is 0 Å². The molecule has 0 radical (unpaired) electrons. The molecule has 0 amide bonds. The van der Waals surface area contributed by atoms with E-state index in [-0.39, 0.29) is 17.9 Å². The molecular weight excluding hydrogens is 424 g/mol. The maximum Gasteiger partial charge on any atom is 0.297 e. The summed E-state index contributed by atoms with van der Waals surface area (Å²) in [5.74, 6) is 6.31. The van der Waals surface area contributed by atoms with Crippen molar-refractivity contribution < 1.29 is 25.2 Å². The monoisotopic (exact) mass is 448 g/mol. The molecule has 6 nitrogen and oxygen atoms in total. The van der Waals surface area contributed by atoms with Crippen LogP contribution in [-0.4, -0.2) is 35.8 Å². The van der Waals surface area contributed by atoms with Crippen LogP contribution in [0.1, 0.15) is 31.2 Å². The third kappa shape index (κ3) is 5.92. The highest BCUT2D eigenvalue weighted by Crippen LogP contribution is 2.44. The zero-order chi connectivity index (χ0) is 21.7. The minimum Gasteiger partial charge on any atom is -0.270 e. The van der Waals surface area contributed by atoms with Crippen LogP contribution in [0.25, 0.3) is 0 Å². The fraction of sp³-hybridized carbons (Fsp3) is 0.364. The molecule has 160 valence electrons. The van der Waals surface area contributed by atoms with Crippen LogP contribution in [-0.2, 0) is 28.6 Å². The Morgan fingerprint density at radius 3 is 2.27 bits per heavy atom. The number of hydrogen-bond acceptors (Lipinski definition) is 6. The summed E-state index contributed by atoms with van der Waals surface area (Å²) < 4.78 is 58.9. The van der Waals surface area contributed by atoms with Gasteiger partial charge in [-0.2, -0.15) is 16.8 Å². The van der Waals surface area contributed by atoms with Crippen LogP contribution in [0, 0.1) is 17.3 Å². The normalized spacial score (nSPS) is 21.7. The Kier molecular flexibility index (Phi) is 6.98. The van der Waals surface area contributed by atoms with Crippen molar-refractivity contribution in [2.45, 2.75) is 36.7 Å². The molecule has 8 heteroatoms. The highest BCUT2D eigenvalue weighted by atomic mass is 32.2. The van der Waals surface area contributed by atoms with Crippen LogP contribution >= 0.6 is 0 Å². The first-order valence-electron chi connectivity index (χ1n) is 9.61. The van der Waals surface area contributed by atoms with Crippen LogP contribution in [0.2, 0.25) is 0 Å². The molecule has 0 unspecified atom stereocenters. The Balaban J connectivity index is 1.90. The third-order valence-corrected chi connectivity index (χ3v) is 6.99. The van der Waals surface area contributed by atoms with Crippen molar-refractivity contribution in [2.75, 3.05) is 12.9 Å². The first kappa shape index (κ1) is 22.5. The lowest BCUT2D eigenvalue weighted by atomic mass is 9.81. The lowest BCUT2D eigenvalue weighted by molar-refractivity contribution is 0.103. The molecule has 0 aromatic heterocycles. The van der Waals surface area contributed by atoms with Crippen molar-refractivity contribution in [2.24, 2.45) is 5.41 Å². The van der Waals surface area contributed by atoms with Gasteiger partial charge in [0.05, 0.1) is 29.3 Å². The minimum absolute atomic E-state index is 0.0780. The van der Waals surface area contributed by atoms with E-state index < -0.39 is 31.8 Å². The molecule has 3 rings (SSSR count). The van der Waals surface area contributed by atoms with E-state index in [2.05, 4.69) is 11.8 Å². The molecule has 30 heavy (non-hydrogen) atoms. The summed E-state index contributed by atoms with van der Waals surface area (Å²) >= 11 is 0. The van der Waals surface area contributed by atoms with Crippen LogP contribution < -0.4 is 0 Å². The Bertz CT molecular complexity index is 1120. The van der Waals surface area contributed by atoms with Crippen molar-refractivity contribution in [3.63, 3.8) is 0 Å². The summed E-state index contributed by atoms with van der Waals surface area (Å²) in [6.45, 7) is -0.0897. The molecule has 2 aromatic carbocycles. The molecule has 0 aliphatic heterocycles. The molecule has 0 saturated heterocycles. The molecular formula is C22H24O6S2. The fourth-order valence-corrected chi connectivity index (χ4v) is 5.13. The predicted octanol–water partition coefficient (Wildman–Crippen LogP) is 3.35. The van der Waals surface area contributed by atoms with Crippen molar-refractivity contribution in [3.05, 3.63) is 66.2 Å². The number of benzene rings is 2. The van der Waals surface area contributed by atoms with E-state index in [4.69, 9.17) is 8.37 Å². The molecule has 0 spiro atoms. The van der Waals surface area contributed by atoms with Crippen molar-refractivity contribution in [3.8, 4) is 11.8 Å². The summed E-state index contributed by atoms with van der Waals surface area (Å²) in [5, 5.41) is 0. The largest absolute Gasteiger partial charge is 0.297 e. The zero-order valence-corrected chi connectivity index (χ0v) is 18.3. The van der Waals surface area contributed by atoms with Gasteiger partial charge in [-0.05, 0) is 49.9 Å². The van der Waals surface area contributed by atoms with Crippen LogP contribution in [0.3, 0.4) is 0 Å². The average molecular weight is 449 g/mol. The summed E-state index contributed by atoms with van der Waals surface area (Å²) in [4.78, 5) is 0.0780. The summed E-state index contributed by atoms with van der Waals surface area (Å²) in [6.07, 6.45) is 2.36. The standard InChI is InChI=1S/C22H24O6S2/c1-29(23,24)27-18-17-22(16-14-19-9-4-2-5-10-19)15-8-13-21(22)28-30(25,26)20-11-6-3-7-12-20/h2-7,9-12,21H,8,13,15,17-18H2,1H3/t21-,22-/m0/s1. The van der Waals surface area contributed by atoms with Gasteiger partial charge in [-0.25, -0.2) is 0 Å². The smallest absolute Gasteiger partial charge is 0.270 e. The molecule has 1 aliphatic rings. The van der Waals surface area contributed by atoms with E-state index in [1.165, 1.54) is 12.1 Å². The number of rotatable bonds is 7. The Morgan fingerprint density at radius 1 is 1.00 bits per heavy atom. The van der Waals surface area contributed by atoms with Gasteiger partial charge >= 0.3 is 0 Å². The van der Waals surface area contributed by atoms with Gasteiger partial charge in [-0.1, -0.05) is 48.2 Å². The topological polar surface area (TPSA) is 86.7 Å². The Morgan fingerprint density at radius 2 is 1.63 bits per heavy atom. The molecule has 2 aromatic rings. The molecule has 2 atom stereocenters.